The second-order valence-electron chi connectivity index (χ2n) is 6.88. The summed E-state index contributed by atoms with van der Waals surface area (Å²) in [5, 5.41) is 2.68. The van der Waals surface area contributed by atoms with Crippen LogP contribution in [0.3, 0.4) is 0 Å². The van der Waals surface area contributed by atoms with Crippen LogP contribution in [0, 0.1) is 0 Å². The van der Waals surface area contributed by atoms with Gasteiger partial charge in [-0.15, -0.1) is 0 Å². The lowest BCUT2D eigenvalue weighted by atomic mass is 9.96. The third kappa shape index (κ3) is 1.57. The maximum atomic E-state index is 6.01. The fourth-order valence-corrected chi connectivity index (χ4v) is 4.41. The molecule has 2 aromatic rings. The van der Waals surface area contributed by atoms with Gasteiger partial charge in [0.2, 0.25) is 0 Å². The first-order chi connectivity index (χ1) is 11.9. The van der Waals surface area contributed by atoms with E-state index in [1.165, 1.54) is 27.3 Å². The third-order valence-electron chi connectivity index (χ3n) is 5.51. The molecule has 1 radical (unpaired) electrons. The van der Waals surface area contributed by atoms with E-state index in [1.807, 2.05) is 0 Å². The van der Waals surface area contributed by atoms with Crippen LogP contribution in [0.1, 0.15) is 24.8 Å². The molecule has 117 valence electrons. The van der Waals surface area contributed by atoms with Crippen LogP contribution >= 0.6 is 0 Å². The summed E-state index contributed by atoms with van der Waals surface area (Å²) in [6.07, 6.45) is 11.0. The van der Waals surface area contributed by atoms with Crippen molar-refractivity contribution in [3.63, 3.8) is 0 Å². The first-order valence-corrected chi connectivity index (χ1v) is 8.76. The lowest BCUT2D eigenvalue weighted by Gasteiger charge is -2.37. The summed E-state index contributed by atoms with van der Waals surface area (Å²) in [5.74, 6) is 1.04. The minimum atomic E-state index is -0.0443. The van der Waals surface area contributed by atoms with Crippen molar-refractivity contribution in [2.45, 2.75) is 31.8 Å². The van der Waals surface area contributed by atoms with Crippen LogP contribution in [0.5, 0.6) is 0 Å². The molecule has 4 heterocycles. The average Bonchev–Trinajstić information content (AvgIpc) is 2.96. The lowest BCUT2D eigenvalue weighted by Crippen LogP contribution is -2.51. The normalized spacial score (nSPS) is 23.5. The molecule has 5 heteroatoms. The summed E-state index contributed by atoms with van der Waals surface area (Å²) in [6.45, 7) is 0.804. The Labute approximate surface area is 140 Å². The molecular formula is C19H17BN3O. The molecule has 4 aliphatic rings. The molecule has 0 saturated heterocycles. The highest BCUT2D eigenvalue weighted by Gasteiger charge is 2.33. The van der Waals surface area contributed by atoms with Crippen molar-refractivity contribution in [1.29, 1.82) is 0 Å². The van der Waals surface area contributed by atoms with Gasteiger partial charge in [0, 0.05) is 16.1 Å². The molecular weight excluding hydrogens is 297 g/mol. The molecule has 4 nitrogen and oxygen atoms in total. The van der Waals surface area contributed by atoms with Crippen molar-refractivity contribution >= 4 is 24.5 Å². The topological polar surface area (TPSA) is 29.8 Å². The molecule has 1 aromatic carbocycles. The maximum Gasteiger partial charge on any atom is 0.399 e. The Kier molecular flexibility index (Phi) is 2.46. The summed E-state index contributed by atoms with van der Waals surface area (Å²) in [5.41, 5.74) is 5.09. The van der Waals surface area contributed by atoms with Gasteiger partial charge in [-0.3, -0.25) is 0 Å². The number of hydrogen-bond donors (Lipinski definition) is 0. The number of fused-ring (bicyclic) bond motifs is 5. The van der Waals surface area contributed by atoms with Crippen molar-refractivity contribution < 1.29 is 4.74 Å². The van der Waals surface area contributed by atoms with E-state index >= 15 is 0 Å². The van der Waals surface area contributed by atoms with Crippen LogP contribution in [0.15, 0.2) is 46.8 Å². The van der Waals surface area contributed by atoms with Gasteiger partial charge in [0.15, 0.2) is 6.17 Å². The summed E-state index contributed by atoms with van der Waals surface area (Å²) in [4.78, 5) is 7.30. The van der Waals surface area contributed by atoms with E-state index in [4.69, 9.17) is 9.73 Å². The molecule has 1 unspecified atom stereocenters. The number of rotatable bonds is 0. The van der Waals surface area contributed by atoms with Crippen LogP contribution in [0.25, 0.3) is 17.0 Å². The highest BCUT2D eigenvalue weighted by molar-refractivity contribution is 6.33. The second-order valence-corrected chi connectivity index (χ2v) is 6.88. The van der Waals surface area contributed by atoms with Crippen LogP contribution in [0.2, 0.25) is 0 Å². The summed E-state index contributed by atoms with van der Waals surface area (Å²) < 4.78 is 8.25. The third-order valence-corrected chi connectivity index (χ3v) is 5.51. The number of aromatic nitrogens is 1. The molecule has 1 aromatic heterocycles. The molecule has 0 bridgehead atoms. The van der Waals surface area contributed by atoms with Gasteiger partial charge >= 0.3 is 7.55 Å². The zero-order chi connectivity index (χ0) is 15.7. The van der Waals surface area contributed by atoms with Gasteiger partial charge in [0.05, 0.1) is 6.61 Å². The maximum absolute atomic E-state index is 6.01. The van der Waals surface area contributed by atoms with Crippen molar-refractivity contribution in [3.05, 3.63) is 58.1 Å². The molecule has 6 rings (SSSR count). The number of allylic oxidation sites excluding steroid dienone is 2. The van der Waals surface area contributed by atoms with Crippen LogP contribution < -0.4 is 10.7 Å². The lowest BCUT2D eigenvalue weighted by molar-refractivity contribution is 0.147. The Morgan fingerprint density at radius 3 is 3.25 bits per heavy atom. The first-order valence-electron chi connectivity index (χ1n) is 8.76. The van der Waals surface area contributed by atoms with E-state index in [2.05, 4.69) is 53.4 Å². The smallest absolute Gasteiger partial charge is 0.399 e. The largest absolute Gasteiger partial charge is 0.493 e. The van der Waals surface area contributed by atoms with E-state index in [-0.39, 0.29) is 6.17 Å². The molecule has 0 amide bonds. The molecule has 1 atom stereocenters. The van der Waals surface area contributed by atoms with Crippen LogP contribution in [0.4, 0.5) is 0 Å². The SMILES string of the molecule is [B]1N2C=CC3=C(OCCC3)C2N=c2c3c4c(cccc4n21)CCC=3. The fraction of sp³-hybridized carbons (Fsp3) is 0.316. The number of benzene rings is 1. The Balaban J connectivity index is 1.67. The van der Waals surface area contributed by atoms with Gasteiger partial charge in [-0.1, -0.05) is 18.2 Å². The Hall–Kier alpha value is -2.43. The Morgan fingerprint density at radius 1 is 1.25 bits per heavy atom. The van der Waals surface area contributed by atoms with Gasteiger partial charge < -0.3 is 14.0 Å². The molecule has 1 aliphatic carbocycles. The van der Waals surface area contributed by atoms with Gasteiger partial charge in [-0.2, -0.15) is 0 Å². The highest BCUT2D eigenvalue weighted by Crippen LogP contribution is 2.31. The van der Waals surface area contributed by atoms with Crippen LogP contribution in [-0.2, 0) is 11.2 Å². The van der Waals surface area contributed by atoms with E-state index in [1.54, 1.807) is 0 Å². The van der Waals surface area contributed by atoms with Gasteiger partial charge in [-0.25, -0.2) is 4.99 Å². The van der Waals surface area contributed by atoms with Crippen molar-refractivity contribution in [2.75, 3.05) is 6.61 Å². The van der Waals surface area contributed by atoms with Gasteiger partial charge in [0.25, 0.3) is 0 Å². The highest BCUT2D eigenvalue weighted by atomic mass is 16.5. The average molecular weight is 314 g/mol. The van der Waals surface area contributed by atoms with E-state index in [9.17, 15) is 0 Å². The number of aryl methyl sites for hydroxylation is 1. The quantitative estimate of drug-likeness (QED) is 0.692. The summed E-state index contributed by atoms with van der Waals surface area (Å²) in [7, 11) is 2.18. The van der Waals surface area contributed by atoms with Crippen molar-refractivity contribution in [3.8, 4) is 0 Å². The minimum absolute atomic E-state index is 0.0443. The Bertz CT molecular complexity index is 1060. The second kappa shape index (κ2) is 4.56. The zero-order valence-electron chi connectivity index (χ0n) is 13.4. The predicted molar refractivity (Wildman–Crippen MR) is 93.6 cm³/mol. The fourth-order valence-electron chi connectivity index (χ4n) is 4.41. The Morgan fingerprint density at radius 2 is 2.25 bits per heavy atom. The van der Waals surface area contributed by atoms with E-state index in [0.717, 1.165) is 43.5 Å². The predicted octanol–water partition coefficient (Wildman–Crippen LogP) is 1.60. The first kappa shape index (κ1) is 12.9. The van der Waals surface area contributed by atoms with Crippen molar-refractivity contribution in [2.24, 2.45) is 4.99 Å². The molecule has 0 spiro atoms. The van der Waals surface area contributed by atoms with E-state index in [0.29, 0.717) is 0 Å². The molecule has 24 heavy (non-hydrogen) atoms. The molecule has 3 aliphatic heterocycles. The molecule has 0 N–H and O–H groups in total. The number of hydrogen-bond acceptors (Lipinski definition) is 3. The van der Waals surface area contributed by atoms with Crippen LogP contribution in [-0.4, -0.2) is 29.6 Å². The number of nitrogens with zero attached hydrogens (tertiary/aromatic N) is 3. The molecule has 0 saturated carbocycles. The summed E-state index contributed by atoms with van der Waals surface area (Å²) in [6, 6.07) is 6.62. The zero-order valence-corrected chi connectivity index (χ0v) is 13.4. The van der Waals surface area contributed by atoms with Gasteiger partial charge in [-0.05, 0) is 55.2 Å². The monoisotopic (exact) mass is 314 g/mol. The van der Waals surface area contributed by atoms with E-state index < -0.39 is 0 Å². The van der Waals surface area contributed by atoms with Crippen molar-refractivity contribution in [1.82, 2.24) is 9.29 Å². The molecule has 0 fully saturated rings. The number of ether oxygens (including phenoxy) is 1. The minimum Gasteiger partial charge on any atom is -0.493 e. The standard InChI is InChI=1S/C19H17BN3O/c1-4-12-5-2-8-15-16(12)14(7-1)18-21-19-17-13(6-3-11-24-17)9-10-22(19)20-23(15)18/h2,5,7-10,19H,1,3-4,6,11H2. The summed E-state index contributed by atoms with van der Waals surface area (Å²) >= 11 is 0. The van der Waals surface area contributed by atoms with Gasteiger partial charge in [0.1, 0.15) is 11.2 Å².